The highest BCUT2D eigenvalue weighted by atomic mass is 16.5. The lowest BCUT2D eigenvalue weighted by Crippen LogP contribution is -2.12. The van der Waals surface area contributed by atoms with Crippen LogP contribution in [0, 0.1) is 6.92 Å². The van der Waals surface area contributed by atoms with Crippen molar-refractivity contribution in [1.82, 2.24) is 0 Å². The maximum atomic E-state index is 12.2. The van der Waals surface area contributed by atoms with Crippen molar-refractivity contribution >= 4 is 11.6 Å². The van der Waals surface area contributed by atoms with Gasteiger partial charge in [-0.05, 0) is 48.9 Å². The first-order chi connectivity index (χ1) is 9.63. The summed E-state index contributed by atoms with van der Waals surface area (Å²) in [6, 6.07) is 12.5. The van der Waals surface area contributed by atoms with Crippen LogP contribution in [0.2, 0.25) is 0 Å². The van der Waals surface area contributed by atoms with Crippen molar-refractivity contribution in [3.8, 4) is 11.5 Å². The maximum absolute atomic E-state index is 12.2. The SMILES string of the molecule is COc1cccc(C(=O)Nc2ccc(OC)c(C)c2)c1. The molecule has 0 radical (unpaired) electrons. The second kappa shape index (κ2) is 6.10. The van der Waals surface area contributed by atoms with Crippen molar-refractivity contribution in [2.24, 2.45) is 0 Å². The Morgan fingerprint density at radius 2 is 1.85 bits per heavy atom. The average molecular weight is 271 g/mol. The van der Waals surface area contributed by atoms with Crippen LogP contribution in [-0.2, 0) is 0 Å². The Labute approximate surface area is 118 Å². The number of hydrogen-bond donors (Lipinski definition) is 1. The Morgan fingerprint density at radius 3 is 2.50 bits per heavy atom. The van der Waals surface area contributed by atoms with Gasteiger partial charge in [0.1, 0.15) is 11.5 Å². The van der Waals surface area contributed by atoms with Crippen molar-refractivity contribution in [3.63, 3.8) is 0 Å². The summed E-state index contributed by atoms with van der Waals surface area (Å²) in [6.45, 7) is 1.93. The van der Waals surface area contributed by atoms with Gasteiger partial charge >= 0.3 is 0 Å². The van der Waals surface area contributed by atoms with E-state index >= 15 is 0 Å². The summed E-state index contributed by atoms with van der Waals surface area (Å²) in [7, 11) is 3.20. The van der Waals surface area contributed by atoms with Crippen LogP contribution < -0.4 is 14.8 Å². The zero-order valence-corrected chi connectivity index (χ0v) is 11.8. The molecule has 0 spiro atoms. The van der Waals surface area contributed by atoms with Gasteiger partial charge in [-0.3, -0.25) is 4.79 Å². The van der Waals surface area contributed by atoms with Gasteiger partial charge in [-0.25, -0.2) is 0 Å². The molecule has 0 saturated heterocycles. The van der Waals surface area contributed by atoms with Crippen molar-refractivity contribution in [1.29, 1.82) is 0 Å². The summed E-state index contributed by atoms with van der Waals surface area (Å²) in [5, 5.41) is 2.85. The minimum atomic E-state index is -0.173. The highest BCUT2D eigenvalue weighted by molar-refractivity contribution is 6.04. The minimum absolute atomic E-state index is 0.173. The molecule has 0 heterocycles. The summed E-state index contributed by atoms with van der Waals surface area (Å²) in [5.41, 5.74) is 2.25. The zero-order chi connectivity index (χ0) is 14.5. The van der Waals surface area contributed by atoms with Gasteiger partial charge in [0.25, 0.3) is 5.91 Å². The fourth-order valence-corrected chi connectivity index (χ4v) is 1.92. The molecule has 104 valence electrons. The highest BCUT2D eigenvalue weighted by Crippen LogP contribution is 2.22. The molecule has 2 rings (SSSR count). The molecular weight excluding hydrogens is 254 g/mol. The first-order valence-corrected chi connectivity index (χ1v) is 6.24. The van der Waals surface area contributed by atoms with Gasteiger partial charge in [0.15, 0.2) is 0 Å². The Kier molecular flexibility index (Phi) is 4.25. The summed E-state index contributed by atoms with van der Waals surface area (Å²) < 4.78 is 10.3. The third-order valence-corrected chi connectivity index (χ3v) is 2.98. The number of benzene rings is 2. The summed E-state index contributed by atoms with van der Waals surface area (Å²) in [6.07, 6.45) is 0. The molecule has 0 unspecified atom stereocenters. The Hall–Kier alpha value is -2.49. The first kappa shape index (κ1) is 13.9. The van der Waals surface area contributed by atoms with Gasteiger partial charge in [0, 0.05) is 11.3 Å². The van der Waals surface area contributed by atoms with E-state index in [9.17, 15) is 4.79 Å². The summed E-state index contributed by atoms with van der Waals surface area (Å²) in [5.74, 6) is 1.28. The second-order valence-electron chi connectivity index (χ2n) is 4.37. The number of rotatable bonds is 4. The predicted octanol–water partition coefficient (Wildman–Crippen LogP) is 3.26. The number of anilines is 1. The predicted molar refractivity (Wildman–Crippen MR) is 78.7 cm³/mol. The highest BCUT2D eigenvalue weighted by Gasteiger charge is 2.08. The normalized spacial score (nSPS) is 9.95. The van der Waals surface area contributed by atoms with E-state index in [1.807, 2.05) is 25.1 Å². The van der Waals surface area contributed by atoms with Gasteiger partial charge in [-0.1, -0.05) is 6.07 Å². The molecule has 20 heavy (non-hydrogen) atoms. The van der Waals surface area contributed by atoms with Crippen molar-refractivity contribution < 1.29 is 14.3 Å². The van der Waals surface area contributed by atoms with E-state index in [1.54, 1.807) is 38.5 Å². The zero-order valence-electron chi connectivity index (χ0n) is 11.8. The molecule has 0 fully saturated rings. The third-order valence-electron chi connectivity index (χ3n) is 2.98. The summed E-state index contributed by atoms with van der Waals surface area (Å²) in [4.78, 5) is 12.2. The smallest absolute Gasteiger partial charge is 0.255 e. The Balaban J connectivity index is 2.16. The lowest BCUT2D eigenvalue weighted by atomic mass is 10.1. The molecule has 2 aromatic carbocycles. The molecule has 4 nitrogen and oxygen atoms in total. The van der Waals surface area contributed by atoms with E-state index in [2.05, 4.69) is 5.32 Å². The largest absolute Gasteiger partial charge is 0.497 e. The number of nitrogens with one attached hydrogen (secondary N) is 1. The number of carbonyl (C=O) groups excluding carboxylic acids is 1. The fraction of sp³-hybridized carbons (Fsp3) is 0.188. The van der Waals surface area contributed by atoms with E-state index in [1.165, 1.54) is 0 Å². The summed E-state index contributed by atoms with van der Waals surface area (Å²) >= 11 is 0. The van der Waals surface area contributed by atoms with Gasteiger partial charge in [0.2, 0.25) is 0 Å². The monoisotopic (exact) mass is 271 g/mol. The van der Waals surface area contributed by atoms with E-state index < -0.39 is 0 Å². The molecular formula is C16H17NO3. The standard InChI is InChI=1S/C16H17NO3/c1-11-9-13(7-8-15(11)20-3)17-16(18)12-5-4-6-14(10-12)19-2/h4-10H,1-3H3,(H,17,18). The van der Waals surface area contributed by atoms with E-state index in [-0.39, 0.29) is 5.91 Å². The minimum Gasteiger partial charge on any atom is -0.497 e. The Bertz CT molecular complexity index is 623. The van der Waals surface area contributed by atoms with Crippen molar-refractivity contribution in [2.45, 2.75) is 6.92 Å². The van der Waals surface area contributed by atoms with Crippen LogP contribution in [0.3, 0.4) is 0 Å². The molecule has 1 N–H and O–H groups in total. The van der Waals surface area contributed by atoms with Gasteiger partial charge in [-0.2, -0.15) is 0 Å². The number of aryl methyl sites for hydroxylation is 1. The van der Waals surface area contributed by atoms with Gasteiger partial charge in [-0.15, -0.1) is 0 Å². The van der Waals surface area contributed by atoms with Crippen LogP contribution in [0.25, 0.3) is 0 Å². The molecule has 0 atom stereocenters. The van der Waals surface area contributed by atoms with Crippen LogP contribution in [-0.4, -0.2) is 20.1 Å². The van der Waals surface area contributed by atoms with Crippen LogP contribution in [0.1, 0.15) is 15.9 Å². The fourth-order valence-electron chi connectivity index (χ4n) is 1.92. The molecule has 4 heteroatoms. The van der Waals surface area contributed by atoms with Gasteiger partial charge < -0.3 is 14.8 Å². The van der Waals surface area contributed by atoms with Crippen molar-refractivity contribution in [2.75, 3.05) is 19.5 Å². The quantitative estimate of drug-likeness (QED) is 0.928. The van der Waals surface area contributed by atoms with Crippen LogP contribution in [0.15, 0.2) is 42.5 Å². The second-order valence-corrected chi connectivity index (χ2v) is 4.37. The molecule has 0 saturated carbocycles. The third kappa shape index (κ3) is 3.09. The van der Waals surface area contributed by atoms with Crippen LogP contribution in [0.5, 0.6) is 11.5 Å². The molecule has 0 bridgehead atoms. The van der Waals surface area contributed by atoms with E-state index in [0.29, 0.717) is 11.3 Å². The van der Waals surface area contributed by atoms with Crippen LogP contribution >= 0.6 is 0 Å². The maximum Gasteiger partial charge on any atom is 0.255 e. The lowest BCUT2D eigenvalue weighted by Gasteiger charge is -2.09. The molecule has 0 aromatic heterocycles. The Morgan fingerprint density at radius 1 is 1.05 bits per heavy atom. The molecule has 0 aliphatic rings. The average Bonchev–Trinajstić information content (AvgIpc) is 2.47. The van der Waals surface area contributed by atoms with E-state index in [4.69, 9.17) is 9.47 Å². The lowest BCUT2D eigenvalue weighted by molar-refractivity contribution is 0.102. The molecule has 0 aliphatic heterocycles. The first-order valence-electron chi connectivity index (χ1n) is 6.24. The van der Waals surface area contributed by atoms with Crippen molar-refractivity contribution in [3.05, 3.63) is 53.6 Å². The molecule has 0 aliphatic carbocycles. The molecule has 1 amide bonds. The number of ether oxygens (including phenoxy) is 2. The number of methoxy groups -OCH3 is 2. The van der Waals surface area contributed by atoms with Crippen LogP contribution in [0.4, 0.5) is 5.69 Å². The number of amides is 1. The van der Waals surface area contributed by atoms with E-state index in [0.717, 1.165) is 17.0 Å². The molecule has 2 aromatic rings. The number of carbonyl (C=O) groups is 1. The number of hydrogen-bond acceptors (Lipinski definition) is 3. The van der Waals surface area contributed by atoms with Gasteiger partial charge in [0.05, 0.1) is 14.2 Å². The topological polar surface area (TPSA) is 47.6 Å².